The molecule has 7 heteroatoms. The van der Waals surface area contributed by atoms with Gasteiger partial charge in [0.1, 0.15) is 4.34 Å². The topological polar surface area (TPSA) is 66.4 Å². The van der Waals surface area contributed by atoms with Crippen LogP contribution in [0.4, 0.5) is 0 Å². The van der Waals surface area contributed by atoms with Crippen molar-refractivity contribution < 1.29 is 14.7 Å². The number of amides is 1. The van der Waals surface area contributed by atoms with Crippen LogP contribution in [0.5, 0.6) is 0 Å². The molecule has 1 aromatic rings. The zero-order chi connectivity index (χ0) is 12.6. The standard InChI is InChI=1S/C10H9Cl2NO3S/c11-6-3-5(7(12)17-6)8(14)13-4-10(1-2-10)9(15)16/h3H,1-2,4H2,(H,13,14)(H,15,16). The van der Waals surface area contributed by atoms with Crippen LogP contribution in [-0.2, 0) is 4.79 Å². The van der Waals surface area contributed by atoms with Crippen molar-refractivity contribution in [2.45, 2.75) is 12.8 Å². The second kappa shape index (κ2) is 4.48. The van der Waals surface area contributed by atoms with Gasteiger partial charge in [0, 0.05) is 6.54 Å². The smallest absolute Gasteiger partial charge is 0.311 e. The van der Waals surface area contributed by atoms with Crippen LogP contribution in [0.15, 0.2) is 6.07 Å². The van der Waals surface area contributed by atoms with E-state index in [-0.39, 0.29) is 12.5 Å². The lowest BCUT2D eigenvalue weighted by molar-refractivity contribution is -0.143. The summed E-state index contributed by atoms with van der Waals surface area (Å²) in [6, 6.07) is 1.48. The van der Waals surface area contributed by atoms with E-state index in [1.807, 2.05) is 0 Å². The maximum absolute atomic E-state index is 11.7. The second-order valence-electron chi connectivity index (χ2n) is 4.01. The highest BCUT2D eigenvalue weighted by Crippen LogP contribution is 2.45. The summed E-state index contributed by atoms with van der Waals surface area (Å²) in [5.74, 6) is -1.25. The second-order valence-corrected chi connectivity index (χ2v) is 6.29. The normalized spacial score (nSPS) is 16.6. The molecule has 1 amide bonds. The predicted molar refractivity (Wildman–Crippen MR) is 66.0 cm³/mol. The van der Waals surface area contributed by atoms with Crippen LogP contribution in [0.3, 0.4) is 0 Å². The maximum Gasteiger partial charge on any atom is 0.311 e. The van der Waals surface area contributed by atoms with Crippen molar-refractivity contribution in [1.82, 2.24) is 5.32 Å². The molecule has 0 saturated heterocycles. The van der Waals surface area contributed by atoms with Gasteiger partial charge < -0.3 is 10.4 Å². The molecule has 92 valence electrons. The Morgan fingerprint density at radius 3 is 2.53 bits per heavy atom. The molecule has 1 aromatic heterocycles. The van der Waals surface area contributed by atoms with Crippen LogP contribution in [0.2, 0.25) is 8.67 Å². The van der Waals surface area contributed by atoms with Crippen LogP contribution in [0.1, 0.15) is 23.2 Å². The molecule has 4 nitrogen and oxygen atoms in total. The third-order valence-corrected chi connectivity index (χ3v) is 4.28. The van der Waals surface area contributed by atoms with Crippen molar-refractivity contribution in [3.8, 4) is 0 Å². The molecular weight excluding hydrogens is 285 g/mol. The summed E-state index contributed by atoms with van der Waals surface area (Å²) >= 11 is 12.7. The predicted octanol–water partition coefficient (Wildman–Crippen LogP) is 2.65. The summed E-state index contributed by atoms with van der Waals surface area (Å²) < 4.78 is 0.743. The van der Waals surface area contributed by atoms with Gasteiger partial charge in [-0.15, -0.1) is 11.3 Å². The Kier molecular flexibility index (Phi) is 3.34. The molecule has 1 heterocycles. The number of hydrogen-bond donors (Lipinski definition) is 2. The molecule has 1 fully saturated rings. The average Bonchev–Trinajstić information content (AvgIpc) is 2.97. The number of aliphatic carboxylic acids is 1. The Labute approximate surface area is 112 Å². The van der Waals surface area contributed by atoms with Gasteiger partial charge in [-0.25, -0.2) is 0 Å². The first-order valence-electron chi connectivity index (χ1n) is 4.91. The van der Waals surface area contributed by atoms with Crippen molar-refractivity contribution in [2.75, 3.05) is 6.54 Å². The van der Waals surface area contributed by atoms with Gasteiger partial charge in [-0.2, -0.15) is 0 Å². The summed E-state index contributed by atoms with van der Waals surface area (Å²) in [6.45, 7) is 0.130. The van der Waals surface area contributed by atoms with Crippen molar-refractivity contribution in [1.29, 1.82) is 0 Å². The average molecular weight is 294 g/mol. The summed E-state index contributed by atoms with van der Waals surface area (Å²) in [6.07, 6.45) is 1.20. The van der Waals surface area contributed by atoms with Gasteiger partial charge in [0.2, 0.25) is 0 Å². The third-order valence-electron chi connectivity index (χ3n) is 2.80. The highest BCUT2D eigenvalue weighted by Gasteiger charge is 2.50. The zero-order valence-electron chi connectivity index (χ0n) is 8.63. The Morgan fingerprint density at radius 2 is 2.12 bits per heavy atom. The van der Waals surface area contributed by atoms with Crippen molar-refractivity contribution in [3.05, 3.63) is 20.3 Å². The van der Waals surface area contributed by atoms with E-state index in [4.69, 9.17) is 28.3 Å². The summed E-state index contributed by atoms with van der Waals surface area (Å²) in [4.78, 5) is 22.6. The molecule has 0 spiro atoms. The first-order chi connectivity index (χ1) is 7.94. The van der Waals surface area contributed by atoms with Crippen LogP contribution < -0.4 is 5.32 Å². The van der Waals surface area contributed by atoms with Gasteiger partial charge >= 0.3 is 5.97 Å². The number of carboxylic acids is 1. The van der Waals surface area contributed by atoms with Crippen LogP contribution >= 0.6 is 34.5 Å². The molecule has 1 aliphatic rings. The number of carboxylic acid groups (broad SMARTS) is 1. The monoisotopic (exact) mass is 293 g/mol. The van der Waals surface area contributed by atoms with Crippen LogP contribution in [0.25, 0.3) is 0 Å². The third kappa shape index (κ3) is 2.56. The number of thiophene rings is 1. The molecule has 1 saturated carbocycles. The maximum atomic E-state index is 11.7. The van der Waals surface area contributed by atoms with E-state index in [9.17, 15) is 9.59 Å². The van der Waals surface area contributed by atoms with Gasteiger partial charge in [0.05, 0.1) is 15.3 Å². The van der Waals surface area contributed by atoms with Crippen molar-refractivity contribution >= 4 is 46.4 Å². The molecule has 17 heavy (non-hydrogen) atoms. The molecule has 0 aromatic carbocycles. The number of carbonyl (C=O) groups is 2. The SMILES string of the molecule is O=C(NCC1(C(=O)O)CC1)c1cc(Cl)sc1Cl. The van der Waals surface area contributed by atoms with Crippen molar-refractivity contribution in [2.24, 2.45) is 5.41 Å². The Balaban J connectivity index is 1.99. The minimum absolute atomic E-state index is 0.130. The lowest BCUT2D eigenvalue weighted by Gasteiger charge is -2.10. The molecule has 0 aliphatic heterocycles. The molecule has 0 bridgehead atoms. The van der Waals surface area contributed by atoms with Gasteiger partial charge in [0.15, 0.2) is 0 Å². The highest BCUT2D eigenvalue weighted by atomic mass is 35.5. The van der Waals surface area contributed by atoms with Gasteiger partial charge in [-0.1, -0.05) is 23.2 Å². The summed E-state index contributed by atoms with van der Waals surface area (Å²) in [7, 11) is 0. The van der Waals surface area contributed by atoms with E-state index < -0.39 is 11.4 Å². The number of carbonyl (C=O) groups excluding carboxylic acids is 1. The molecule has 0 radical (unpaired) electrons. The van der Waals surface area contributed by atoms with Crippen molar-refractivity contribution in [3.63, 3.8) is 0 Å². The van der Waals surface area contributed by atoms with E-state index in [0.29, 0.717) is 27.1 Å². The summed E-state index contributed by atoms with van der Waals surface area (Å²) in [5, 5.41) is 11.5. The number of nitrogens with one attached hydrogen (secondary N) is 1. The van der Waals surface area contributed by atoms with E-state index in [0.717, 1.165) is 11.3 Å². The van der Waals surface area contributed by atoms with Crippen LogP contribution in [-0.4, -0.2) is 23.5 Å². The Bertz CT molecular complexity index is 482. The molecular formula is C10H9Cl2NO3S. The van der Waals surface area contributed by atoms with E-state index in [1.54, 1.807) is 0 Å². The van der Waals surface area contributed by atoms with Gasteiger partial charge in [-0.3, -0.25) is 9.59 Å². The molecule has 0 atom stereocenters. The fourth-order valence-electron chi connectivity index (χ4n) is 1.46. The minimum atomic E-state index is -0.868. The van der Waals surface area contributed by atoms with E-state index in [1.165, 1.54) is 6.07 Å². The van der Waals surface area contributed by atoms with E-state index >= 15 is 0 Å². The fraction of sp³-hybridized carbons (Fsp3) is 0.400. The van der Waals surface area contributed by atoms with E-state index in [2.05, 4.69) is 5.32 Å². The first-order valence-corrected chi connectivity index (χ1v) is 6.48. The number of hydrogen-bond acceptors (Lipinski definition) is 3. The van der Waals surface area contributed by atoms with Crippen LogP contribution in [0, 0.1) is 5.41 Å². The largest absolute Gasteiger partial charge is 0.481 e. The Hall–Kier alpha value is -0.780. The lowest BCUT2D eigenvalue weighted by Crippen LogP contribution is -2.34. The summed E-state index contributed by atoms with van der Waals surface area (Å²) in [5.41, 5.74) is -0.482. The first kappa shape index (κ1) is 12.7. The van der Waals surface area contributed by atoms with Gasteiger partial charge in [0.25, 0.3) is 5.91 Å². The fourth-order valence-corrected chi connectivity index (χ4v) is 2.92. The van der Waals surface area contributed by atoms with Gasteiger partial charge in [-0.05, 0) is 18.9 Å². The lowest BCUT2D eigenvalue weighted by atomic mass is 10.1. The minimum Gasteiger partial charge on any atom is -0.481 e. The highest BCUT2D eigenvalue weighted by molar-refractivity contribution is 7.20. The molecule has 2 rings (SSSR count). The molecule has 1 aliphatic carbocycles. The number of rotatable bonds is 4. The molecule has 2 N–H and O–H groups in total. The number of halogens is 2. The quantitative estimate of drug-likeness (QED) is 0.897. The Morgan fingerprint density at radius 1 is 1.47 bits per heavy atom. The zero-order valence-corrected chi connectivity index (χ0v) is 11.0. The molecule has 0 unspecified atom stereocenters.